The van der Waals surface area contributed by atoms with Crippen molar-refractivity contribution in [3.05, 3.63) is 17.5 Å². The number of rotatable bonds is 2. The number of aromatic nitrogens is 2. The largest absolute Gasteiger partial charge is 0.378 e. The summed E-state index contributed by atoms with van der Waals surface area (Å²) in [5.74, 6) is 0. The van der Waals surface area contributed by atoms with E-state index < -0.39 is 0 Å². The molecule has 1 heterocycles. The molecule has 0 amide bonds. The van der Waals surface area contributed by atoms with Crippen LogP contribution < -0.4 is 0 Å². The zero-order valence-corrected chi connectivity index (χ0v) is 13.1. The zero-order valence-electron chi connectivity index (χ0n) is 12.2. The van der Waals surface area contributed by atoms with E-state index in [1.54, 1.807) is 0 Å². The van der Waals surface area contributed by atoms with Crippen molar-refractivity contribution in [1.82, 2.24) is 10.2 Å². The van der Waals surface area contributed by atoms with Gasteiger partial charge in [0.1, 0.15) is 0 Å². The van der Waals surface area contributed by atoms with Crippen molar-refractivity contribution in [2.24, 2.45) is 0 Å². The van der Waals surface area contributed by atoms with Crippen LogP contribution in [0.3, 0.4) is 0 Å². The molecule has 2 rings (SSSR count). The summed E-state index contributed by atoms with van der Waals surface area (Å²) in [5, 5.41) is 7.03. The minimum Gasteiger partial charge on any atom is -0.378 e. The first kappa shape index (κ1) is 15.6. The molecule has 1 aliphatic carbocycles. The Bertz CT molecular complexity index is 344. The highest BCUT2D eigenvalue weighted by Crippen LogP contribution is 2.20. The Kier molecular flexibility index (Phi) is 6.22. The average Bonchev–Trinajstić information content (AvgIpc) is 2.76. The summed E-state index contributed by atoms with van der Waals surface area (Å²) >= 11 is 1.88. The van der Waals surface area contributed by atoms with Gasteiger partial charge in [0.15, 0.2) is 0 Å². The molecule has 0 radical (unpaired) electrons. The van der Waals surface area contributed by atoms with Crippen LogP contribution in [-0.2, 0) is 17.6 Å². The number of nitrogens with one attached hydrogen (secondary N) is 1. The molecule has 1 unspecified atom stereocenters. The highest BCUT2D eigenvalue weighted by Gasteiger charge is 2.19. The van der Waals surface area contributed by atoms with Crippen LogP contribution in [0.4, 0.5) is 0 Å². The van der Waals surface area contributed by atoms with E-state index in [9.17, 15) is 0 Å². The topological polar surface area (TPSA) is 37.9 Å². The quantitative estimate of drug-likeness (QED) is 0.894. The van der Waals surface area contributed by atoms with Gasteiger partial charge in [0.25, 0.3) is 0 Å². The Balaban J connectivity index is 0.000000232. The Morgan fingerprint density at radius 1 is 1.50 bits per heavy atom. The van der Waals surface area contributed by atoms with E-state index in [2.05, 4.69) is 37.2 Å². The molecule has 4 heteroatoms. The first-order valence-corrected chi connectivity index (χ1v) is 7.86. The van der Waals surface area contributed by atoms with Gasteiger partial charge in [-0.15, -0.1) is 0 Å². The summed E-state index contributed by atoms with van der Waals surface area (Å²) in [6.07, 6.45) is 7.71. The number of ether oxygens (including phenoxy) is 1. The first-order valence-electron chi connectivity index (χ1n) is 6.64. The minimum absolute atomic E-state index is 0.406. The third-order valence-corrected chi connectivity index (χ3v) is 4.21. The van der Waals surface area contributed by atoms with Crippen molar-refractivity contribution >= 4 is 11.8 Å². The molecule has 104 valence electrons. The molecule has 0 saturated heterocycles. The monoisotopic (exact) mass is 270 g/mol. The van der Waals surface area contributed by atoms with Gasteiger partial charge in [-0.1, -0.05) is 20.8 Å². The number of H-pyrrole nitrogens is 1. The summed E-state index contributed by atoms with van der Waals surface area (Å²) in [5.41, 5.74) is 2.63. The molecule has 1 aromatic rings. The smallest absolute Gasteiger partial charge is 0.0633 e. The summed E-state index contributed by atoms with van der Waals surface area (Å²) in [4.78, 5) is 0. The third kappa shape index (κ3) is 5.44. The second-order valence-corrected chi connectivity index (χ2v) is 7.14. The summed E-state index contributed by atoms with van der Waals surface area (Å²) in [7, 11) is 0. The standard InChI is InChI=1S/C9H14N2O.C5H12S/c1-2-12-8-4-3-7-6-10-11-9(7)5-8;1-5(2,3)6-4/h6,8H,2-5H2,1H3,(H,10,11);1-4H3. The molecule has 0 saturated carbocycles. The molecule has 18 heavy (non-hydrogen) atoms. The van der Waals surface area contributed by atoms with Gasteiger partial charge in [0.05, 0.1) is 12.3 Å². The Morgan fingerprint density at radius 3 is 2.72 bits per heavy atom. The van der Waals surface area contributed by atoms with Gasteiger partial charge in [-0.05, 0) is 31.6 Å². The Hall–Kier alpha value is -0.480. The maximum atomic E-state index is 5.56. The number of thioether (sulfide) groups is 1. The molecule has 1 N–H and O–H groups in total. The molecular weight excluding hydrogens is 244 g/mol. The summed E-state index contributed by atoms with van der Waals surface area (Å²) < 4.78 is 6.02. The van der Waals surface area contributed by atoms with Crippen LogP contribution in [0.15, 0.2) is 6.20 Å². The van der Waals surface area contributed by atoms with E-state index in [0.717, 1.165) is 25.9 Å². The van der Waals surface area contributed by atoms with Crippen LogP contribution in [0.2, 0.25) is 0 Å². The third-order valence-electron chi connectivity index (χ3n) is 2.99. The fraction of sp³-hybridized carbons (Fsp3) is 0.786. The number of fused-ring (bicyclic) bond motifs is 1. The zero-order chi connectivity index (χ0) is 13.6. The van der Waals surface area contributed by atoms with Crippen molar-refractivity contribution in [3.8, 4) is 0 Å². The Labute approximate surface area is 115 Å². The van der Waals surface area contributed by atoms with Crippen molar-refractivity contribution in [2.75, 3.05) is 12.9 Å². The fourth-order valence-electron chi connectivity index (χ4n) is 1.75. The van der Waals surface area contributed by atoms with Crippen LogP contribution >= 0.6 is 11.8 Å². The van der Waals surface area contributed by atoms with Gasteiger partial charge < -0.3 is 4.74 Å². The van der Waals surface area contributed by atoms with Gasteiger partial charge >= 0.3 is 0 Å². The normalized spacial score (nSPS) is 18.8. The maximum absolute atomic E-state index is 5.56. The predicted octanol–water partition coefficient (Wildman–Crippen LogP) is 3.45. The molecule has 0 bridgehead atoms. The molecule has 0 spiro atoms. The molecule has 0 aromatic carbocycles. The highest BCUT2D eigenvalue weighted by atomic mass is 32.2. The lowest BCUT2D eigenvalue weighted by atomic mass is 9.96. The lowest BCUT2D eigenvalue weighted by molar-refractivity contribution is 0.0528. The van der Waals surface area contributed by atoms with Gasteiger partial charge in [0.2, 0.25) is 0 Å². The van der Waals surface area contributed by atoms with Crippen LogP contribution in [0.1, 0.15) is 45.4 Å². The van der Waals surface area contributed by atoms with Crippen molar-refractivity contribution in [2.45, 2.75) is 57.8 Å². The van der Waals surface area contributed by atoms with E-state index in [0.29, 0.717) is 10.9 Å². The van der Waals surface area contributed by atoms with Crippen molar-refractivity contribution < 1.29 is 4.74 Å². The molecule has 0 fully saturated rings. The lowest BCUT2D eigenvalue weighted by Gasteiger charge is -2.20. The predicted molar refractivity (Wildman–Crippen MR) is 79.3 cm³/mol. The molecule has 0 aliphatic heterocycles. The van der Waals surface area contributed by atoms with Crippen molar-refractivity contribution in [1.29, 1.82) is 0 Å². The molecule has 1 atom stereocenters. The van der Waals surface area contributed by atoms with E-state index >= 15 is 0 Å². The maximum Gasteiger partial charge on any atom is 0.0633 e. The number of nitrogens with zero attached hydrogens (tertiary/aromatic N) is 1. The average molecular weight is 270 g/mol. The van der Waals surface area contributed by atoms with Crippen LogP contribution in [0.5, 0.6) is 0 Å². The number of aryl methyl sites for hydroxylation is 1. The van der Waals surface area contributed by atoms with E-state index in [1.165, 1.54) is 11.3 Å². The second-order valence-electron chi connectivity index (χ2n) is 5.51. The number of hydrogen-bond donors (Lipinski definition) is 1. The molecule has 3 nitrogen and oxygen atoms in total. The summed E-state index contributed by atoms with van der Waals surface area (Å²) in [6, 6.07) is 0. The Morgan fingerprint density at radius 2 is 2.17 bits per heavy atom. The second kappa shape index (κ2) is 7.19. The van der Waals surface area contributed by atoms with Crippen LogP contribution in [0, 0.1) is 0 Å². The van der Waals surface area contributed by atoms with Gasteiger partial charge in [-0.3, -0.25) is 5.10 Å². The van der Waals surface area contributed by atoms with Gasteiger partial charge in [-0.25, -0.2) is 0 Å². The van der Waals surface area contributed by atoms with E-state index in [-0.39, 0.29) is 0 Å². The summed E-state index contributed by atoms with van der Waals surface area (Å²) in [6.45, 7) is 9.48. The fourth-order valence-corrected chi connectivity index (χ4v) is 1.75. The molecule has 1 aromatic heterocycles. The molecule has 1 aliphatic rings. The molecular formula is C14H26N2OS. The van der Waals surface area contributed by atoms with Crippen molar-refractivity contribution in [3.63, 3.8) is 0 Å². The van der Waals surface area contributed by atoms with Crippen LogP contribution in [-0.4, -0.2) is 33.9 Å². The van der Waals surface area contributed by atoms with E-state index in [4.69, 9.17) is 4.74 Å². The SMILES string of the molecule is CCOC1CCc2cn[nH]c2C1.CSC(C)(C)C. The van der Waals surface area contributed by atoms with Gasteiger partial charge in [-0.2, -0.15) is 16.9 Å². The van der Waals surface area contributed by atoms with Crippen LogP contribution in [0.25, 0.3) is 0 Å². The minimum atomic E-state index is 0.406. The number of aromatic amines is 1. The van der Waals surface area contributed by atoms with Gasteiger partial charge in [0, 0.05) is 23.5 Å². The lowest BCUT2D eigenvalue weighted by Crippen LogP contribution is -2.22. The number of hydrogen-bond acceptors (Lipinski definition) is 3. The first-order chi connectivity index (χ1) is 8.46. The van der Waals surface area contributed by atoms with E-state index in [1.807, 2.05) is 24.9 Å². The highest BCUT2D eigenvalue weighted by molar-refractivity contribution is 7.99.